The van der Waals surface area contributed by atoms with Gasteiger partial charge in [-0.05, 0) is 42.5 Å². The maximum absolute atomic E-state index is 11.5. The maximum Gasteiger partial charge on any atom is 0.234 e. The highest BCUT2D eigenvalue weighted by Crippen LogP contribution is 2.22. The van der Waals surface area contributed by atoms with Crippen LogP contribution in [0.25, 0.3) is 0 Å². The van der Waals surface area contributed by atoms with E-state index in [0.717, 1.165) is 13.1 Å². The Morgan fingerprint density at radius 1 is 1.42 bits per heavy atom. The van der Waals surface area contributed by atoms with Crippen molar-refractivity contribution in [1.29, 1.82) is 0 Å². The third-order valence-electron chi connectivity index (χ3n) is 3.01. The molecule has 19 heavy (non-hydrogen) atoms. The number of amides is 1. The van der Waals surface area contributed by atoms with Gasteiger partial charge in [-0.1, -0.05) is 13.8 Å². The molecule has 4 nitrogen and oxygen atoms in total. The SMILES string of the molecule is CCN(CC)C(CNC(=O)CNC)c1ccsc1.Cl. The molecule has 0 aliphatic carbocycles. The van der Waals surface area contributed by atoms with Crippen LogP contribution in [-0.2, 0) is 4.79 Å². The van der Waals surface area contributed by atoms with E-state index in [1.54, 1.807) is 18.4 Å². The molecule has 0 radical (unpaired) electrons. The van der Waals surface area contributed by atoms with Crippen molar-refractivity contribution in [2.75, 3.05) is 33.2 Å². The van der Waals surface area contributed by atoms with Gasteiger partial charge in [-0.3, -0.25) is 9.69 Å². The Kier molecular flexibility index (Phi) is 9.87. The summed E-state index contributed by atoms with van der Waals surface area (Å²) < 4.78 is 0. The molecule has 1 aromatic rings. The Morgan fingerprint density at radius 3 is 2.58 bits per heavy atom. The molecule has 110 valence electrons. The smallest absolute Gasteiger partial charge is 0.234 e. The number of thiophene rings is 1. The molecular formula is C13H24ClN3OS. The average Bonchev–Trinajstić information content (AvgIpc) is 2.88. The second-order valence-electron chi connectivity index (χ2n) is 4.13. The van der Waals surface area contributed by atoms with Crippen LogP contribution in [0.4, 0.5) is 0 Å². The van der Waals surface area contributed by atoms with Crippen LogP contribution in [0, 0.1) is 0 Å². The Bertz CT molecular complexity index is 342. The van der Waals surface area contributed by atoms with E-state index in [1.807, 2.05) is 0 Å². The number of hydrogen-bond acceptors (Lipinski definition) is 4. The molecule has 0 fully saturated rings. The van der Waals surface area contributed by atoms with Crippen LogP contribution in [-0.4, -0.2) is 44.0 Å². The van der Waals surface area contributed by atoms with Crippen molar-refractivity contribution in [2.45, 2.75) is 19.9 Å². The molecule has 1 atom stereocenters. The fourth-order valence-electron chi connectivity index (χ4n) is 2.02. The quantitative estimate of drug-likeness (QED) is 0.771. The molecule has 1 aromatic heterocycles. The van der Waals surface area contributed by atoms with Gasteiger partial charge in [0.15, 0.2) is 0 Å². The van der Waals surface area contributed by atoms with E-state index in [4.69, 9.17) is 0 Å². The van der Waals surface area contributed by atoms with Gasteiger partial charge in [0, 0.05) is 6.54 Å². The first-order valence-electron chi connectivity index (χ1n) is 6.40. The number of carbonyl (C=O) groups excluding carboxylic acids is 1. The van der Waals surface area contributed by atoms with Gasteiger partial charge in [0.05, 0.1) is 12.6 Å². The van der Waals surface area contributed by atoms with Crippen molar-refractivity contribution in [3.63, 3.8) is 0 Å². The number of likely N-dealkylation sites (N-methyl/N-ethyl adjacent to an activating group) is 2. The predicted octanol–water partition coefficient (Wildman–Crippen LogP) is 1.89. The van der Waals surface area contributed by atoms with Crippen LogP contribution in [0.2, 0.25) is 0 Å². The summed E-state index contributed by atoms with van der Waals surface area (Å²) in [6.45, 7) is 7.31. The highest BCUT2D eigenvalue weighted by Gasteiger charge is 2.18. The first kappa shape index (κ1) is 18.4. The largest absolute Gasteiger partial charge is 0.353 e. The number of halogens is 1. The lowest BCUT2D eigenvalue weighted by Crippen LogP contribution is -2.40. The molecule has 6 heteroatoms. The van der Waals surface area contributed by atoms with Crippen LogP contribution in [0.15, 0.2) is 16.8 Å². The van der Waals surface area contributed by atoms with Crippen molar-refractivity contribution < 1.29 is 4.79 Å². The fraction of sp³-hybridized carbons (Fsp3) is 0.615. The second kappa shape index (κ2) is 10.2. The lowest BCUT2D eigenvalue weighted by Gasteiger charge is -2.29. The number of carbonyl (C=O) groups is 1. The first-order valence-corrected chi connectivity index (χ1v) is 7.34. The Morgan fingerprint density at radius 2 is 2.11 bits per heavy atom. The molecule has 0 saturated heterocycles. The van der Waals surface area contributed by atoms with Gasteiger partial charge in [-0.2, -0.15) is 11.3 Å². The summed E-state index contributed by atoms with van der Waals surface area (Å²) in [5.41, 5.74) is 1.29. The van der Waals surface area contributed by atoms with E-state index in [2.05, 4.69) is 46.2 Å². The van der Waals surface area contributed by atoms with Crippen LogP contribution in [0.5, 0.6) is 0 Å². The lowest BCUT2D eigenvalue weighted by atomic mass is 10.1. The number of nitrogens with zero attached hydrogens (tertiary/aromatic N) is 1. The van der Waals surface area contributed by atoms with Gasteiger partial charge < -0.3 is 10.6 Å². The molecule has 1 rings (SSSR count). The lowest BCUT2D eigenvalue weighted by molar-refractivity contribution is -0.120. The molecule has 0 aromatic carbocycles. The first-order chi connectivity index (χ1) is 8.72. The molecule has 0 aliphatic rings. The zero-order valence-corrected chi connectivity index (χ0v) is 13.4. The van der Waals surface area contributed by atoms with Crippen molar-refractivity contribution >= 4 is 29.7 Å². The summed E-state index contributed by atoms with van der Waals surface area (Å²) >= 11 is 1.70. The maximum atomic E-state index is 11.5. The zero-order chi connectivity index (χ0) is 13.4. The van der Waals surface area contributed by atoms with E-state index in [0.29, 0.717) is 13.1 Å². The van der Waals surface area contributed by atoms with Crippen molar-refractivity contribution in [3.05, 3.63) is 22.4 Å². The van der Waals surface area contributed by atoms with E-state index < -0.39 is 0 Å². The standard InChI is InChI=1S/C13H23N3OS.ClH/c1-4-16(5-2)12(11-6-7-18-10-11)8-15-13(17)9-14-3;/h6-7,10,12,14H,4-5,8-9H2,1-3H3,(H,15,17);1H. The topological polar surface area (TPSA) is 44.4 Å². The Labute approximate surface area is 126 Å². The van der Waals surface area contributed by atoms with Gasteiger partial charge in [0.25, 0.3) is 0 Å². The van der Waals surface area contributed by atoms with Gasteiger partial charge >= 0.3 is 0 Å². The van der Waals surface area contributed by atoms with E-state index in [9.17, 15) is 4.79 Å². The van der Waals surface area contributed by atoms with Gasteiger partial charge in [-0.25, -0.2) is 0 Å². The summed E-state index contributed by atoms with van der Waals surface area (Å²) in [6.07, 6.45) is 0. The molecule has 0 saturated carbocycles. The molecule has 1 amide bonds. The third-order valence-corrected chi connectivity index (χ3v) is 3.71. The highest BCUT2D eigenvalue weighted by atomic mass is 35.5. The van der Waals surface area contributed by atoms with E-state index in [-0.39, 0.29) is 24.4 Å². The monoisotopic (exact) mass is 305 g/mol. The molecule has 0 spiro atoms. The van der Waals surface area contributed by atoms with Crippen LogP contribution in [0.1, 0.15) is 25.5 Å². The molecule has 1 heterocycles. The highest BCUT2D eigenvalue weighted by molar-refractivity contribution is 7.07. The van der Waals surface area contributed by atoms with Crippen LogP contribution >= 0.6 is 23.7 Å². The Balaban J connectivity index is 0.00000324. The van der Waals surface area contributed by atoms with Crippen LogP contribution < -0.4 is 10.6 Å². The minimum Gasteiger partial charge on any atom is -0.353 e. The van der Waals surface area contributed by atoms with Crippen molar-refractivity contribution in [3.8, 4) is 0 Å². The zero-order valence-electron chi connectivity index (χ0n) is 11.8. The molecule has 0 bridgehead atoms. The van der Waals surface area contributed by atoms with Crippen molar-refractivity contribution in [2.24, 2.45) is 0 Å². The summed E-state index contributed by atoms with van der Waals surface area (Å²) in [5, 5.41) is 10.1. The minimum atomic E-state index is 0. The molecule has 2 N–H and O–H groups in total. The number of nitrogens with one attached hydrogen (secondary N) is 2. The molecule has 0 aliphatic heterocycles. The summed E-state index contributed by atoms with van der Waals surface area (Å²) in [4.78, 5) is 13.9. The number of hydrogen-bond donors (Lipinski definition) is 2. The van der Waals surface area contributed by atoms with Gasteiger partial charge in [0.2, 0.25) is 5.91 Å². The molecular weight excluding hydrogens is 282 g/mol. The normalized spacial score (nSPS) is 12.0. The fourth-order valence-corrected chi connectivity index (χ4v) is 2.73. The number of rotatable bonds is 8. The summed E-state index contributed by atoms with van der Waals surface area (Å²) in [6, 6.07) is 2.41. The predicted molar refractivity (Wildman–Crippen MR) is 84.2 cm³/mol. The third kappa shape index (κ3) is 5.91. The van der Waals surface area contributed by atoms with Crippen molar-refractivity contribution in [1.82, 2.24) is 15.5 Å². The minimum absolute atomic E-state index is 0. The van der Waals surface area contributed by atoms with Gasteiger partial charge in [-0.15, -0.1) is 12.4 Å². The van der Waals surface area contributed by atoms with Crippen LogP contribution in [0.3, 0.4) is 0 Å². The summed E-state index contributed by atoms with van der Waals surface area (Å²) in [5.74, 6) is 0.0462. The van der Waals surface area contributed by atoms with E-state index >= 15 is 0 Å². The molecule has 1 unspecified atom stereocenters. The van der Waals surface area contributed by atoms with Gasteiger partial charge in [0.1, 0.15) is 0 Å². The second-order valence-corrected chi connectivity index (χ2v) is 4.91. The average molecular weight is 306 g/mol. The Hall–Kier alpha value is -0.620. The van der Waals surface area contributed by atoms with E-state index in [1.165, 1.54) is 5.56 Å². The summed E-state index contributed by atoms with van der Waals surface area (Å²) in [7, 11) is 1.78.